The largest absolute Gasteiger partial charge is 0.390 e. The molecule has 3 rings (SSSR count). The van der Waals surface area contributed by atoms with E-state index in [-0.39, 0.29) is 6.04 Å². The minimum atomic E-state index is -0.671. The number of hydrogen-bond donors (Lipinski definition) is 3. The molecule has 1 saturated carbocycles. The molecule has 1 heterocycles. The Bertz CT molecular complexity index is 348. The highest BCUT2D eigenvalue weighted by atomic mass is 16.3. The van der Waals surface area contributed by atoms with Crippen LogP contribution in [0.3, 0.4) is 0 Å². The van der Waals surface area contributed by atoms with Gasteiger partial charge in [-0.1, -0.05) is 12.2 Å². The molecular weight excluding hydrogens is 202 g/mol. The summed E-state index contributed by atoms with van der Waals surface area (Å²) in [6, 6.07) is 0.753. The molecule has 16 heavy (non-hydrogen) atoms. The zero-order chi connectivity index (χ0) is 11.1. The highest BCUT2D eigenvalue weighted by Crippen LogP contribution is 2.33. The Balaban J connectivity index is 1.92. The summed E-state index contributed by atoms with van der Waals surface area (Å²) in [5.74, 6) is 0. The lowest BCUT2D eigenvalue weighted by atomic mass is 9.78. The van der Waals surface area contributed by atoms with Gasteiger partial charge in [-0.25, -0.2) is 0 Å². The predicted molar refractivity (Wildman–Crippen MR) is 62.0 cm³/mol. The first-order chi connectivity index (χ1) is 7.75. The molecule has 0 saturated heterocycles. The van der Waals surface area contributed by atoms with E-state index in [1.165, 1.54) is 18.4 Å². The average Bonchev–Trinajstić information content (AvgIpc) is 2.32. The number of aliphatic hydroxyl groups is 2. The van der Waals surface area contributed by atoms with Crippen LogP contribution in [0.25, 0.3) is 0 Å². The molecule has 0 bridgehead atoms. The monoisotopic (exact) mass is 221 g/mol. The van der Waals surface area contributed by atoms with Crippen LogP contribution in [0.5, 0.6) is 0 Å². The molecule has 1 fully saturated rings. The number of hydrogen-bond acceptors (Lipinski definition) is 3. The van der Waals surface area contributed by atoms with E-state index in [0.29, 0.717) is 12.5 Å². The Morgan fingerprint density at radius 3 is 2.88 bits per heavy atom. The summed E-state index contributed by atoms with van der Waals surface area (Å²) in [5.41, 5.74) is 2.30. The van der Waals surface area contributed by atoms with Crippen molar-refractivity contribution in [3.8, 4) is 0 Å². The van der Waals surface area contributed by atoms with Gasteiger partial charge in [0, 0.05) is 12.1 Å². The molecule has 0 aromatic heterocycles. The minimum Gasteiger partial charge on any atom is -0.390 e. The quantitative estimate of drug-likeness (QED) is 0.569. The third-order valence-electron chi connectivity index (χ3n) is 4.07. The van der Waals surface area contributed by atoms with Gasteiger partial charge in [0.2, 0.25) is 0 Å². The normalized spacial score (nSPS) is 42.9. The molecule has 3 nitrogen and oxygen atoms in total. The van der Waals surface area contributed by atoms with Gasteiger partial charge < -0.3 is 15.5 Å². The van der Waals surface area contributed by atoms with Crippen LogP contribution < -0.4 is 5.32 Å². The summed E-state index contributed by atoms with van der Waals surface area (Å²) in [7, 11) is 0. The van der Waals surface area contributed by atoms with Crippen molar-refractivity contribution in [1.82, 2.24) is 5.32 Å². The number of fused-ring (bicyclic) bond motifs is 2. The fourth-order valence-corrected chi connectivity index (χ4v) is 3.13. The van der Waals surface area contributed by atoms with Gasteiger partial charge in [0.25, 0.3) is 0 Å². The number of allylic oxidation sites excluding steroid dienone is 1. The first-order valence-electron chi connectivity index (χ1n) is 6.29. The van der Waals surface area contributed by atoms with Crippen molar-refractivity contribution in [2.75, 3.05) is 0 Å². The van der Waals surface area contributed by atoms with E-state index >= 15 is 0 Å². The van der Waals surface area contributed by atoms with Crippen molar-refractivity contribution in [2.24, 2.45) is 0 Å². The van der Waals surface area contributed by atoms with Crippen molar-refractivity contribution in [3.63, 3.8) is 0 Å². The molecule has 0 aromatic rings. The molecular formula is C13H19NO2. The SMILES string of the molecule is OC1CCC2NC3CCCC=C3C=C2C1O. The lowest BCUT2D eigenvalue weighted by Gasteiger charge is -2.41. The van der Waals surface area contributed by atoms with E-state index in [1.54, 1.807) is 0 Å². The molecule has 3 aliphatic rings. The smallest absolute Gasteiger partial charge is 0.103 e. The van der Waals surface area contributed by atoms with Crippen LogP contribution in [0, 0.1) is 0 Å². The number of nitrogens with one attached hydrogen (secondary N) is 1. The molecule has 0 amide bonds. The third kappa shape index (κ3) is 1.63. The molecule has 2 aliphatic carbocycles. The first-order valence-corrected chi connectivity index (χ1v) is 6.29. The number of rotatable bonds is 0. The van der Waals surface area contributed by atoms with Gasteiger partial charge >= 0.3 is 0 Å². The highest BCUT2D eigenvalue weighted by Gasteiger charge is 2.37. The fraction of sp³-hybridized carbons (Fsp3) is 0.692. The Kier molecular flexibility index (Phi) is 2.62. The van der Waals surface area contributed by atoms with Crippen LogP contribution in [0.4, 0.5) is 0 Å². The van der Waals surface area contributed by atoms with Crippen molar-refractivity contribution < 1.29 is 10.2 Å². The number of aliphatic hydroxyl groups excluding tert-OH is 2. The topological polar surface area (TPSA) is 52.5 Å². The van der Waals surface area contributed by atoms with Gasteiger partial charge in [-0.2, -0.15) is 0 Å². The van der Waals surface area contributed by atoms with Crippen LogP contribution in [-0.2, 0) is 0 Å². The lowest BCUT2D eigenvalue weighted by molar-refractivity contribution is 0.0133. The highest BCUT2D eigenvalue weighted by molar-refractivity contribution is 5.39. The van der Waals surface area contributed by atoms with Gasteiger partial charge in [-0.05, 0) is 43.3 Å². The maximum atomic E-state index is 9.98. The molecule has 0 spiro atoms. The van der Waals surface area contributed by atoms with Crippen LogP contribution in [0.1, 0.15) is 32.1 Å². The van der Waals surface area contributed by atoms with E-state index in [2.05, 4.69) is 17.5 Å². The maximum Gasteiger partial charge on any atom is 0.103 e. The minimum absolute atomic E-state index is 0.277. The summed E-state index contributed by atoms with van der Waals surface area (Å²) in [5, 5.41) is 23.3. The molecule has 1 aliphatic heterocycles. The second kappa shape index (κ2) is 3.99. The Morgan fingerprint density at radius 2 is 2.00 bits per heavy atom. The molecule has 4 atom stereocenters. The molecule has 0 aromatic carbocycles. The second-order valence-electron chi connectivity index (χ2n) is 5.14. The molecule has 4 unspecified atom stereocenters. The van der Waals surface area contributed by atoms with Gasteiger partial charge in [0.15, 0.2) is 0 Å². The second-order valence-corrected chi connectivity index (χ2v) is 5.14. The van der Waals surface area contributed by atoms with Crippen molar-refractivity contribution in [3.05, 3.63) is 23.3 Å². The summed E-state index contributed by atoms with van der Waals surface area (Å²) in [6.45, 7) is 0. The summed E-state index contributed by atoms with van der Waals surface area (Å²) >= 11 is 0. The molecule has 3 heteroatoms. The van der Waals surface area contributed by atoms with Crippen molar-refractivity contribution in [2.45, 2.75) is 56.4 Å². The molecule has 88 valence electrons. The lowest BCUT2D eigenvalue weighted by Crippen LogP contribution is -2.51. The zero-order valence-corrected chi connectivity index (χ0v) is 9.39. The standard InChI is InChI=1S/C13H19NO2/c15-12-6-5-11-9(13(12)16)7-8-3-1-2-4-10(8)14-11/h3,7,10-16H,1-2,4-6H2. The molecule has 0 radical (unpaired) electrons. The first kappa shape index (κ1) is 10.5. The van der Waals surface area contributed by atoms with Gasteiger partial charge in [-0.3, -0.25) is 0 Å². The van der Waals surface area contributed by atoms with E-state index in [9.17, 15) is 10.2 Å². The average molecular weight is 221 g/mol. The molecule has 3 N–H and O–H groups in total. The van der Waals surface area contributed by atoms with Crippen LogP contribution in [-0.4, -0.2) is 34.5 Å². The summed E-state index contributed by atoms with van der Waals surface area (Å²) in [4.78, 5) is 0. The van der Waals surface area contributed by atoms with E-state index in [1.807, 2.05) is 0 Å². The van der Waals surface area contributed by atoms with Crippen LogP contribution >= 0.6 is 0 Å². The van der Waals surface area contributed by atoms with Crippen LogP contribution in [0.2, 0.25) is 0 Å². The van der Waals surface area contributed by atoms with E-state index < -0.39 is 12.2 Å². The van der Waals surface area contributed by atoms with Gasteiger partial charge in [-0.15, -0.1) is 0 Å². The van der Waals surface area contributed by atoms with Crippen molar-refractivity contribution >= 4 is 0 Å². The van der Waals surface area contributed by atoms with E-state index in [0.717, 1.165) is 18.4 Å². The van der Waals surface area contributed by atoms with Gasteiger partial charge in [0.1, 0.15) is 6.10 Å². The Morgan fingerprint density at radius 1 is 1.12 bits per heavy atom. The van der Waals surface area contributed by atoms with E-state index in [4.69, 9.17) is 0 Å². The maximum absolute atomic E-state index is 9.98. The summed E-state index contributed by atoms with van der Waals surface area (Å²) < 4.78 is 0. The summed E-state index contributed by atoms with van der Waals surface area (Å²) in [6.07, 6.45) is 8.36. The fourth-order valence-electron chi connectivity index (χ4n) is 3.13. The Hall–Kier alpha value is -0.640. The Labute approximate surface area is 95.9 Å². The predicted octanol–water partition coefficient (Wildman–Crippen LogP) is 0.879. The third-order valence-corrected chi connectivity index (χ3v) is 4.07. The van der Waals surface area contributed by atoms with Gasteiger partial charge in [0.05, 0.1) is 6.10 Å². The van der Waals surface area contributed by atoms with Crippen LogP contribution in [0.15, 0.2) is 23.3 Å². The zero-order valence-electron chi connectivity index (χ0n) is 9.39. The van der Waals surface area contributed by atoms with Crippen molar-refractivity contribution in [1.29, 1.82) is 0 Å².